The molecule has 0 unspecified atom stereocenters. The molecular formula is C18H14F2N4O4S. The number of halogens is 2. The molecule has 3 aromatic rings. The highest BCUT2D eigenvalue weighted by Crippen LogP contribution is 2.38. The molecule has 8 nitrogen and oxygen atoms in total. The maximum absolute atomic E-state index is 15.1. The number of aromatic hydroxyl groups is 1. The van der Waals surface area contributed by atoms with E-state index in [2.05, 4.69) is 5.10 Å². The summed E-state index contributed by atoms with van der Waals surface area (Å²) in [7, 11) is -4.30. The highest BCUT2D eigenvalue weighted by atomic mass is 32.2. The number of anilines is 1. The maximum atomic E-state index is 15.1. The lowest BCUT2D eigenvalue weighted by molar-refractivity contribution is -0.117. The quantitative estimate of drug-likeness (QED) is 0.669. The van der Waals surface area contributed by atoms with Gasteiger partial charge in [0.15, 0.2) is 5.82 Å². The fraction of sp³-hybridized carbons (Fsp3) is 0.111. The molecule has 1 aliphatic heterocycles. The number of benzene rings is 2. The fourth-order valence-corrected chi connectivity index (χ4v) is 4.24. The Balaban J connectivity index is 1.70. The summed E-state index contributed by atoms with van der Waals surface area (Å²) in [5, 5.41) is 14.1. The molecule has 29 heavy (non-hydrogen) atoms. The standard InChI is InChI=1S/C18H14F2N4O4S/c19-13-3-1-2-11(6-13)8-23-9-12(7-21-23)14-4-5-15(25)18(17(14)20)24-10-16(26)22-29(24,27)28/h1-7,9,25H,8,10H2,(H,22,26). The Kier molecular flexibility index (Phi) is 4.46. The van der Waals surface area contributed by atoms with Gasteiger partial charge in [-0.15, -0.1) is 0 Å². The van der Waals surface area contributed by atoms with Gasteiger partial charge in [-0.2, -0.15) is 13.5 Å². The third-order valence-corrected chi connectivity index (χ3v) is 5.72. The van der Waals surface area contributed by atoms with Crippen LogP contribution in [0.5, 0.6) is 5.75 Å². The molecule has 150 valence electrons. The molecule has 1 saturated heterocycles. The third-order valence-electron chi connectivity index (χ3n) is 4.34. The van der Waals surface area contributed by atoms with Crippen molar-refractivity contribution >= 4 is 21.8 Å². The number of carbonyl (C=O) groups is 1. The first-order valence-corrected chi connectivity index (χ1v) is 9.80. The van der Waals surface area contributed by atoms with Crippen LogP contribution in [0.1, 0.15) is 5.56 Å². The minimum atomic E-state index is -4.30. The molecule has 0 radical (unpaired) electrons. The molecule has 2 aromatic carbocycles. The number of phenolic OH excluding ortho intramolecular Hbond substituents is 1. The van der Waals surface area contributed by atoms with Crippen molar-refractivity contribution in [3.63, 3.8) is 0 Å². The zero-order valence-corrected chi connectivity index (χ0v) is 15.5. The van der Waals surface area contributed by atoms with Crippen molar-refractivity contribution in [3.8, 4) is 16.9 Å². The molecule has 11 heteroatoms. The van der Waals surface area contributed by atoms with Gasteiger partial charge < -0.3 is 5.11 Å². The van der Waals surface area contributed by atoms with Crippen LogP contribution in [-0.4, -0.2) is 35.8 Å². The van der Waals surface area contributed by atoms with Crippen LogP contribution in [-0.2, 0) is 21.5 Å². The van der Waals surface area contributed by atoms with E-state index in [0.29, 0.717) is 15.4 Å². The van der Waals surface area contributed by atoms with Crippen LogP contribution in [0.2, 0.25) is 0 Å². The summed E-state index contributed by atoms with van der Waals surface area (Å²) in [5.41, 5.74) is 0.326. The zero-order chi connectivity index (χ0) is 20.8. The molecule has 0 bridgehead atoms. The lowest BCUT2D eigenvalue weighted by atomic mass is 10.1. The number of hydrogen-bond donors (Lipinski definition) is 2. The van der Waals surface area contributed by atoms with Gasteiger partial charge >= 0.3 is 10.2 Å². The molecule has 1 amide bonds. The van der Waals surface area contributed by atoms with Crippen molar-refractivity contribution in [2.24, 2.45) is 0 Å². The molecule has 2 heterocycles. The number of hydrogen-bond acceptors (Lipinski definition) is 5. The van der Waals surface area contributed by atoms with Crippen LogP contribution in [0.4, 0.5) is 14.5 Å². The molecule has 0 atom stereocenters. The highest BCUT2D eigenvalue weighted by Gasteiger charge is 2.38. The zero-order valence-electron chi connectivity index (χ0n) is 14.7. The maximum Gasteiger partial charge on any atom is 0.326 e. The van der Waals surface area contributed by atoms with Crippen molar-refractivity contribution in [1.29, 1.82) is 0 Å². The van der Waals surface area contributed by atoms with E-state index in [1.165, 1.54) is 35.3 Å². The highest BCUT2D eigenvalue weighted by molar-refractivity contribution is 7.92. The van der Waals surface area contributed by atoms with Crippen LogP contribution in [0.3, 0.4) is 0 Å². The van der Waals surface area contributed by atoms with Crippen molar-refractivity contribution in [2.45, 2.75) is 6.54 Å². The Morgan fingerprint density at radius 3 is 2.69 bits per heavy atom. The van der Waals surface area contributed by atoms with Crippen LogP contribution in [0.15, 0.2) is 48.8 Å². The van der Waals surface area contributed by atoms with E-state index < -0.39 is 39.9 Å². The Morgan fingerprint density at radius 2 is 2.00 bits per heavy atom. The van der Waals surface area contributed by atoms with Gasteiger partial charge in [-0.1, -0.05) is 12.1 Å². The smallest absolute Gasteiger partial charge is 0.326 e. The van der Waals surface area contributed by atoms with E-state index in [1.54, 1.807) is 16.9 Å². The average Bonchev–Trinajstić information content (AvgIpc) is 3.18. The largest absolute Gasteiger partial charge is 0.506 e. The van der Waals surface area contributed by atoms with Crippen LogP contribution in [0.25, 0.3) is 11.1 Å². The van der Waals surface area contributed by atoms with E-state index in [0.717, 1.165) is 6.07 Å². The van der Waals surface area contributed by atoms with Gasteiger partial charge in [0.05, 0.1) is 12.7 Å². The van der Waals surface area contributed by atoms with E-state index in [-0.39, 0.29) is 17.9 Å². The van der Waals surface area contributed by atoms with E-state index in [4.69, 9.17) is 0 Å². The first kappa shape index (κ1) is 18.9. The Hall–Kier alpha value is -3.47. The topological polar surface area (TPSA) is 105 Å². The summed E-state index contributed by atoms with van der Waals surface area (Å²) in [6, 6.07) is 8.35. The molecule has 0 saturated carbocycles. The summed E-state index contributed by atoms with van der Waals surface area (Å²) in [4.78, 5) is 11.4. The summed E-state index contributed by atoms with van der Waals surface area (Å²) < 4.78 is 56.2. The minimum Gasteiger partial charge on any atom is -0.506 e. The normalized spacial score (nSPS) is 15.5. The fourth-order valence-electron chi connectivity index (χ4n) is 3.07. The van der Waals surface area contributed by atoms with Crippen molar-refractivity contribution in [3.05, 3.63) is 66.0 Å². The van der Waals surface area contributed by atoms with Crippen LogP contribution in [0, 0.1) is 11.6 Å². The van der Waals surface area contributed by atoms with E-state index >= 15 is 4.39 Å². The van der Waals surface area contributed by atoms with Crippen molar-refractivity contribution in [2.75, 3.05) is 10.8 Å². The van der Waals surface area contributed by atoms with Gasteiger partial charge in [-0.05, 0) is 29.8 Å². The van der Waals surface area contributed by atoms with Gasteiger partial charge in [-0.25, -0.2) is 17.8 Å². The molecule has 1 aromatic heterocycles. The minimum absolute atomic E-state index is 0.0159. The average molecular weight is 420 g/mol. The van der Waals surface area contributed by atoms with Gasteiger partial charge in [0, 0.05) is 17.3 Å². The molecule has 2 N–H and O–H groups in total. The van der Waals surface area contributed by atoms with Crippen molar-refractivity contribution < 1.29 is 27.1 Å². The number of nitrogens with zero attached hydrogens (tertiary/aromatic N) is 3. The monoisotopic (exact) mass is 420 g/mol. The Morgan fingerprint density at radius 1 is 1.21 bits per heavy atom. The second-order valence-corrected chi connectivity index (χ2v) is 7.98. The summed E-state index contributed by atoms with van der Waals surface area (Å²) >= 11 is 0. The summed E-state index contributed by atoms with van der Waals surface area (Å²) in [6.07, 6.45) is 2.87. The van der Waals surface area contributed by atoms with Gasteiger partial charge in [0.1, 0.15) is 23.8 Å². The Bertz CT molecular complexity index is 1230. The second kappa shape index (κ2) is 6.85. The van der Waals surface area contributed by atoms with E-state index in [9.17, 15) is 22.7 Å². The molecule has 0 aliphatic carbocycles. The van der Waals surface area contributed by atoms with Crippen LogP contribution < -0.4 is 9.03 Å². The first-order valence-electron chi connectivity index (χ1n) is 8.36. The predicted molar refractivity (Wildman–Crippen MR) is 99.2 cm³/mol. The lowest BCUT2D eigenvalue weighted by Crippen LogP contribution is -2.30. The second-order valence-electron chi connectivity index (χ2n) is 6.39. The molecule has 0 spiro atoms. The van der Waals surface area contributed by atoms with E-state index in [1.807, 2.05) is 0 Å². The number of rotatable bonds is 4. The molecular weight excluding hydrogens is 406 g/mol. The third kappa shape index (κ3) is 3.51. The number of carbonyl (C=O) groups excluding carboxylic acids is 1. The first-order chi connectivity index (χ1) is 13.7. The lowest BCUT2D eigenvalue weighted by Gasteiger charge is -2.18. The van der Waals surface area contributed by atoms with Crippen molar-refractivity contribution in [1.82, 2.24) is 14.5 Å². The Labute approximate surface area is 164 Å². The van der Waals surface area contributed by atoms with Gasteiger partial charge in [0.2, 0.25) is 0 Å². The van der Waals surface area contributed by atoms with Gasteiger partial charge in [0.25, 0.3) is 5.91 Å². The molecule has 1 fully saturated rings. The van der Waals surface area contributed by atoms with Crippen LogP contribution >= 0.6 is 0 Å². The SMILES string of the molecule is O=C1CN(c2c(O)ccc(-c3cnn(Cc4cccc(F)c4)c3)c2F)S(=O)(=O)N1. The summed E-state index contributed by atoms with van der Waals surface area (Å²) in [5.74, 6) is -2.87. The molecule has 1 aliphatic rings. The number of nitrogens with one attached hydrogen (secondary N) is 1. The van der Waals surface area contributed by atoms with Gasteiger partial charge in [-0.3, -0.25) is 9.48 Å². The predicted octanol–water partition coefficient (Wildman–Crippen LogP) is 1.76. The number of phenols is 1. The molecule has 4 rings (SSSR count). The number of amides is 1. The number of aromatic nitrogens is 2. The summed E-state index contributed by atoms with van der Waals surface area (Å²) in [6.45, 7) is -0.404.